The monoisotopic (exact) mass is 209 g/mol. The molecule has 1 aromatic rings. The predicted octanol–water partition coefficient (Wildman–Crippen LogP) is 0.580. The van der Waals surface area contributed by atoms with Gasteiger partial charge in [-0.1, -0.05) is 0 Å². The van der Waals surface area contributed by atoms with Gasteiger partial charge in [-0.3, -0.25) is 0 Å². The summed E-state index contributed by atoms with van der Waals surface area (Å²) in [7, 11) is 1.59. The molecule has 15 heavy (non-hydrogen) atoms. The number of amides is 1. The molecule has 0 N–H and O–H groups in total. The molecular weight excluding hydrogens is 198 g/mol. The Morgan fingerprint density at radius 1 is 1.67 bits per heavy atom. The highest BCUT2D eigenvalue weighted by atomic mass is 16.6. The second-order valence-electron chi connectivity index (χ2n) is 3.05. The number of aromatic nitrogens is 2. The number of carbonyl (C=O) groups excluding carboxylic acids is 1. The Bertz CT molecular complexity index is 369. The molecule has 80 valence electrons. The number of nitrogens with zero attached hydrogens (tertiary/aromatic N) is 3. The number of carbonyl (C=O) groups is 1. The number of hydrogen-bond acceptors (Lipinski definition) is 5. The Morgan fingerprint density at radius 3 is 3.20 bits per heavy atom. The lowest BCUT2D eigenvalue weighted by Gasteiger charge is -2.10. The number of anilines is 1. The van der Waals surface area contributed by atoms with Gasteiger partial charge in [-0.05, 0) is 6.07 Å². The van der Waals surface area contributed by atoms with Crippen LogP contribution in [-0.4, -0.2) is 36.3 Å². The van der Waals surface area contributed by atoms with E-state index in [0.717, 1.165) is 5.69 Å². The molecule has 1 aliphatic heterocycles. The number of hydrogen-bond donors (Lipinski definition) is 0. The molecule has 1 aliphatic rings. The van der Waals surface area contributed by atoms with Crippen LogP contribution in [0.2, 0.25) is 0 Å². The maximum atomic E-state index is 11.2. The fourth-order valence-electron chi connectivity index (χ4n) is 1.32. The molecule has 1 saturated heterocycles. The van der Waals surface area contributed by atoms with Gasteiger partial charge in [0.2, 0.25) is 5.95 Å². The van der Waals surface area contributed by atoms with Crippen molar-refractivity contribution in [1.29, 1.82) is 0 Å². The third-order valence-electron chi connectivity index (χ3n) is 1.99. The molecular formula is C9H11N3O3. The van der Waals surface area contributed by atoms with Crippen LogP contribution in [0.15, 0.2) is 12.3 Å². The van der Waals surface area contributed by atoms with Crippen LogP contribution in [0.4, 0.5) is 10.7 Å². The van der Waals surface area contributed by atoms with E-state index in [1.54, 1.807) is 19.4 Å². The van der Waals surface area contributed by atoms with Gasteiger partial charge in [-0.2, -0.15) is 0 Å². The highest BCUT2D eigenvalue weighted by Crippen LogP contribution is 2.13. The summed E-state index contributed by atoms with van der Waals surface area (Å²) in [5, 5.41) is 0. The second-order valence-corrected chi connectivity index (χ2v) is 3.05. The van der Waals surface area contributed by atoms with Crippen molar-refractivity contribution in [3.8, 4) is 0 Å². The normalized spacial score (nSPS) is 15.5. The van der Waals surface area contributed by atoms with Crippen LogP contribution in [0.25, 0.3) is 0 Å². The van der Waals surface area contributed by atoms with Gasteiger partial charge in [0.25, 0.3) is 0 Å². The predicted molar refractivity (Wildman–Crippen MR) is 51.4 cm³/mol. The molecule has 1 fully saturated rings. The maximum Gasteiger partial charge on any atom is 0.416 e. The molecule has 0 spiro atoms. The van der Waals surface area contributed by atoms with Gasteiger partial charge < -0.3 is 9.47 Å². The molecule has 0 unspecified atom stereocenters. The van der Waals surface area contributed by atoms with Crippen molar-refractivity contribution < 1.29 is 14.3 Å². The van der Waals surface area contributed by atoms with Crippen LogP contribution in [0.5, 0.6) is 0 Å². The minimum Gasteiger partial charge on any atom is -0.447 e. The molecule has 0 aromatic carbocycles. The first kappa shape index (κ1) is 9.85. The largest absolute Gasteiger partial charge is 0.447 e. The molecule has 0 atom stereocenters. The summed E-state index contributed by atoms with van der Waals surface area (Å²) in [5.41, 5.74) is 0.738. The Morgan fingerprint density at radius 2 is 2.53 bits per heavy atom. The lowest BCUT2D eigenvalue weighted by molar-refractivity contribution is 0.179. The first-order chi connectivity index (χ1) is 7.31. The first-order valence-electron chi connectivity index (χ1n) is 4.56. The Kier molecular flexibility index (Phi) is 2.77. The van der Waals surface area contributed by atoms with Crippen molar-refractivity contribution in [3.05, 3.63) is 18.0 Å². The highest BCUT2D eigenvalue weighted by molar-refractivity contribution is 5.86. The molecule has 2 heterocycles. The van der Waals surface area contributed by atoms with E-state index >= 15 is 0 Å². The zero-order valence-corrected chi connectivity index (χ0v) is 8.34. The minimum atomic E-state index is -0.399. The Balaban J connectivity index is 2.20. The molecule has 1 aromatic heterocycles. The van der Waals surface area contributed by atoms with Crippen molar-refractivity contribution >= 4 is 12.0 Å². The summed E-state index contributed by atoms with van der Waals surface area (Å²) in [5.74, 6) is 0.368. The van der Waals surface area contributed by atoms with Crippen LogP contribution < -0.4 is 4.90 Å². The van der Waals surface area contributed by atoms with Crippen LogP contribution in [0.3, 0.4) is 0 Å². The van der Waals surface area contributed by atoms with E-state index in [1.165, 1.54) is 4.90 Å². The smallest absolute Gasteiger partial charge is 0.416 e. The number of cyclic esters (lactones) is 1. The SMILES string of the molecule is COCc1ccnc(N2CCOC2=O)n1. The molecule has 6 heteroatoms. The summed E-state index contributed by atoms with van der Waals surface area (Å²) in [6.45, 7) is 1.28. The Labute approximate surface area is 86.8 Å². The van der Waals surface area contributed by atoms with E-state index in [2.05, 4.69) is 9.97 Å². The molecule has 0 saturated carbocycles. The standard InChI is InChI=1S/C9H11N3O3/c1-14-6-7-2-3-10-8(11-7)12-4-5-15-9(12)13/h2-3H,4-6H2,1H3. The number of methoxy groups -OCH3 is 1. The lowest BCUT2D eigenvalue weighted by atomic mass is 10.4. The van der Waals surface area contributed by atoms with Gasteiger partial charge in [0.1, 0.15) is 6.61 Å². The third-order valence-corrected chi connectivity index (χ3v) is 1.99. The molecule has 0 radical (unpaired) electrons. The molecule has 1 amide bonds. The first-order valence-corrected chi connectivity index (χ1v) is 4.56. The lowest BCUT2D eigenvalue weighted by Crippen LogP contribution is -2.25. The van der Waals surface area contributed by atoms with Crippen molar-refractivity contribution in [2.24, 2.45) is 0 Å². The minimum absolute atomic E-state index is 0.368. The summed E-state index contributed by atoms with van der Waals surface area (Å²) >= 11 is 0. The van der Waals surface area contributed by atoms with E-state index < -0.39 is 6.09 Å². The third kappa shape index (κ3) is 2.04. The van der Waals surface area contributed by atoms with Crippen molar-refractivity contribution in [2.75, 3.05) is 25.2 Å². The second kappa shape index (κ2) is 4.22. The van der Waals surface area contributed by atoms with E-state index in [0.29, 0.717) is 25.7 Å². The molecule has 6 nitrogen and oxygen atoms in total. The van der Waals surface area contributed by atoms with Gasteiger partial charge in [0, 0.05) is 13.3 Å². The fraction of sp³-hybridized carbons (Fsp3) is 0.444. The topological polar surface area (TPSA) is 64.6 Å². The van der Waals surface area contributed by atoms with Gasteiger partial charge in [-0.25, -0.2) is 19.7 Å². The van der Waals surface area contributed by atoms with Gasteiger partial charge in [-0.15, -0.1) is 0 Å². The van der Waals surface area contributed by atoms with Crippen LogP contribution in [0, 0.1) is 0 Å². The summed E-state index contributed by atoms with van der Waals surface area (Å²) in [6.07, 6.45) is 1.20. The van der Waals surface area contributed by atoms with E-state index in [1.807, 2.05) is 0 Å². The van der Waals surface area contributed by atoms with Crippen LogP contribution in [0.1, 0.15) is 5.69 Å². The van der Waals surface area contributed by atoms with Crippen molar-refractivity contribution in [3.63, 3.8) is 0 Å². The van der Waals surface area contributed by atoms with Gasteiger partial charge in [0.15, 0.2) is 0 Å². The zero-order valence-electron chi connectivity index (χ0n) is 8.34. The highest BCUT2D eigenvalue weighted by Gasteiger charge is 2.25. The number of ether oxygens (including phenoxy) is 2. The van der Waals surface area contributed by atoms with Crippen molar-refractivity contribution in [2.45, 2.75) is 6.61 Å². The molecule has 0 aliphatic carbocycles. The average molecular weight is 209 g/mol. The quantitative estimate of drug-likeness (QED) is 0.728. The summed E-state index contributed by atoms with van der Waals surface area (Å²) in [4.78, 5) is 20.8. The van der Waals surface area contributed by atoms with Crippen molar-refractivity contribution in [1.82, 2.24) is 9.97 Å². The molecule has 2 rings (SSSR count). The number of rotatable bonds is 3. The van der Waals surface area contributed by atoms with E-state index in [9.17, 15) is 4.79 Å². The van der Waals surface area contributed by atoms with Crippen LogP contribution >= 0.6 is 0 Å². The maximum absolute atomic E-state index is 11.2. The average Bonchev–Trinajstić information content (AvgIpc) is 2.65. The fourth-order valence-corrected chi connectivity index (χ4v) is 1.32. The van der Waals surface area contributed by atoms with Gasteiger partial charge in [0.05, 0.1) is 18.8 Å². The van der Waals surface area contributed by atoms with Crippen LogP contribution in [-0.2, 0) is 16.1 Å². The zero-order chi connectivity index (χ0) is 10.7. The van der Waals surface area contributed by atoms with E-state index in [4.69, 9.17) is 9.47 Å². The Hall–Kier alpha value is -1.69. The summed E-state index contributed by atoms with van der Waals surface area (Å²) in [6, 6.07) is 1.74. The van der Waals surface area contributed by atoms with Gasteiger partial charge >= 0.3 is 6.09 Å². The summed E-state index contributed by atoms with van der Waals surface area (Å²) < 4.78 is 9.74. The molecule has 0 bridgehead atoms. The van der Waals surface area contributed by atoms with E-state index in [-0.39, 0.29) is 0 Å².